The Labute approximate surface area is 97.9 Å². The Morgan fingerprint density at radius 1 is 1.41 bits per heavy atom. The molecule has 1 unspecified atom stereocenters. The second-order valence-electron chi connectivity index (χ2n) is 3.85. The van der Waals surface area contributed by atoms with Crippen LogP contribution < -0.4 is 5.32 Å². The van der Waals surface area contributed by atoms with Gasteiger partial charge in [0.1, 0.15) is 0 Å². The highest BCUT2D eigenvalue weighted by Crippen LogP contribution is 2.13. The van der Waals surface area contributed by atoms with E-state index in [2.05, 4.69) is 15.4 Å². The van der Waals surface area contributed by atoms with Gasteiger partial charge in [-0.1, -0.05) is 6.07 Å². The molecule has 0 spiro atoms. The van der Waals surface area contributed by atoms with Crippen LogP contribution in [0.15, 0.2) is 35.9 Å². The van der Waals surface area contributed by atoms with Crippen LogP contribution in [-0.2, 0) is 9.84 Å². The second-order valence-corrected chi connectivity index (χ2v) is 5.78. The van der Waals surface area contributed by atoms with E-state index in [0.717, 1.165) is 5.65 Å². The number of anilines is 1. The summed E-state index contributed by atoms with van der Waals surface area (Å²) in [7, 11) is -3.05. The standard InChI is InChI=1S/C10H10N4O2S/c15-17(16)6-4-8(7-17)11-10-12-9-3-1-2-5-14(9)13-10/h1-6,8H,7H2,(H,11,13). The molecule has 1 aliphatic heterocycles. The molecule has 1 N–H and O–H groups in total. The zero-order valence-corrected chi connectivity index (χ0v) is 9.63. The Hall–Kier alpha value is -1.89. The smallest absolute Gasteiger partial charge is 0.243 e. The normalized spacial score (nSPS) is 22.0. The van der Waals surface area contributed by atoms with Crippen molar-refractivity contribution in [2.75, 3.05) is 11.1 Å². The fraction of sp³-hybridized carbons (Fsp3) is 0.200. The highest BCUT2D eigenvalue weighted by Gasteiger charge is 2.22. The van der Waals surface area contributed by atoms with Gasteiger partial charge < -0.3 is 5.32 Å². The highest BCUT2D eigenvalue weighted by molar-refractivity contribution is 7.94. The lowest BCUT2D eigenvalue weighted by molar-refractivity contribution is 0.605. The van der Waals surface area contributed by atoms with Gasteiger partial charge in [0.15, 0.2) is 15.5 Å². The summed E-state index contributed by atoms with van der Waals surface area (Å²) >= 11 is 0. The van der Waals surface area contributed by atoms with Gasteiger partial charge in [0, 0.05) is 11.6 Å². The number of nitrogens with one attached hydrogen (secondary N) is 1. The molecule has 3 rings (SSSR count). The summed E-state index contributed by atoms with van der Waals surface area (Å²) in [4.78, 5) is 4.24. The summed E-state index contributed by atoms with van der Waals surface area (Å²) in [5.41, 5.74) is 0.722. The van der Waals surface area contributed by atoms with Crippen molar-refractivity contribution in [3.8, 4) is 0 Å². The van der Waals surface area contributed by atoms with Crippen LogP contribution in [0.1, 0.15) is 0 Å². The minimum Gasteiger partial charge on any atom is -0.346 e. The number of rotatable bonds is 2. The third kappa shape index (κ3) is 2.01. The van der Waals surface area contributed by atoms with Crippen molar-refractivity contribution in [1.82, 2.24) is 14.6 Å². The van der Waals surface area contributed by atoms with Crippen LogP contribution in [0.5, 0.6) is 0 Å². The van der Waals surface area contributed by atoms with E-state index in [1.54, 1.807) is 16.8 Å². The molecule has 0 radical (unpaired) electrons. The summed E-state index contributed by atoms with van der Waals surface area (Å²) in [6.45, 7) is 0. The molecular formula is C10H10N4O2S. The SMILES string of the molecule is O=S1(=O)C=CC(Nc2nc3ccccn3n2)C1. The van der Waals surface area contributed by atoms with Gasteiger partial charge in [0.2, 0.25) is 5.95 Å². The molecule has 6 nitrogen and oxygen atoms in total. The lowest BCUT2D eigenvalue weighted by Gasteiger charge is -2.05. The molecule has 1 aliphatic rings. The zero-order valence-electron chi connectivity index (χ0n) is 8.81. The maximum atomic E-state index is 11.2. The van der Waals surface area contributed by atoms with Crippen molar-refractivity contribution in [2.45, 2.75) is 6.04 Å². The third-order valence-electron chi connectivity index (χ3n) is 2.49. The molecule has 3 heterocycles. The number of hydrogen-bond donors (Lipinski definition) is 1. The zero-order chi connectivity index (χ0) is 11.9. The number of fused-ring (bicyclic) bond motifs is 1. The average Bonchev–Trinajstić information content (AvgIpc) is 2.81. The molecule has 0 bridgehead atoms. The van der Waals surface area contributed by atoms with E-state index in [1.165, 1.54) is 5.41 Å². The van der Waals surface area contributed by atoms with Crippen molar-refractivity contribution >= 4 is 21.4 Å². The van der Waals surface area contributed by atoms with Crippen LogP contribution in [0, 0.1) is 0 Å². The van der Waals surface area contributed by atoms with Crippen LogP contribution in [0.4, 0.5) is 5.95 Å². The third-order valence-corrected chi connectivity index (χ3v) is 3.88. The first-order valence-corrected chi connectivity index (χ1v) is 6.83. The second kappa shape index (κ2) is 3.56. The summed E-state index contributed by atoms with van der Waals surface area (Å²) in [5, 5.41) is 8.39. The van der Waals surface area contributed by atoms with Crippen molar-refractivity contribution in [2.24, 2.45) is 0 Å². The van der Waals surface area contributed by atoms with E-state index in [4.69, 9.17) is 0 Å². The van der Waals surface area contributed by atoms with Crippen molar-refractivity contribution < 1.29 is 8.42 Å². The lowest BCUT2D eigenvalue weighted by atomic mass is 10.3. The molecule has 7 heteroatoms. The van der Waals surface area contributed by atoms with E-state index in [0.29, 0.717) is 5.95 Å². The molecule has 0 aromatic carbocycles. The largest absolute Gasteiger partial charge is 0.346 e. The molecule has 1 atom stereocenters. The van der Waals surface area contributed by atoms with Crippen LogP contribution in [0.2, 0.25) is 0 Å². The molecule has 2 aromatic rings. The fourth-order valence-corrected chi connectivity index (χ4v) is 2.96. The first-order chi connectivity index (χ1) is 8.12. The van der Waals surface area contributed by atoms with Gasteiger partial charge in [0.05, 0.1) is 11.8 Å². The van der Waals surface area contributed by atoms with E-state index >= 15 is 0 Å². The molecule has 0 amide bonds. The number of pyridine rings is 1. The maximum Gasteiger partial charge on any atom is 0.243 e. The van der Waals surface area contributed by atoms with Gasteiger partial charge in [-0.25, -0.2) is 12.9 Å². The topological polar surface area (TPSA) is 76.4 Å². The van der Waals surface area contributed by atoms with Gasteiger partial charge in [-0.2, -0.15) is 4.98 Å². The van der Waals surface area contributed by atoms with Crippen LogP contribution in [0.3, 0.4) is 0 Å². The maximum absolute atomic E-state index is 11.2. The Balaban J connectivity index is 1.84. The number of hydrogen-bond acceptors (Lipinski definition) is 5. The van der Waals surface area contributed by atoms with Crippen LogP contribution in [0.25, 0.3) is 5.65 Å². The van der Waals surface area contributed by atoms with Gasteiger partial charge in [-0.3, -0.25) is 0 Å². The summed E-state index contributed by atoms with van der Waals surface area (Å²) in [6.07, 6.45) is 3.40. The van der Waals surface area contributed by atoms with Gasteiger partial charge in [-0.05, 0) is 18.2 Å². The summed E-state index contributed by atoms with van der Waals surface area (Å²) in [6, 6.07) is 5.30. The predicted octanol–water partition coefficient (Wildman–Crippen LogP) is 0.452. The molecule has 88 valence electrons. The van der Waals surface area contributed by atoms with Gasteiger partial charge in [-0.15, -0.1) is 5.10 Å². The first kappa shape index (κ1) is 10.3. The van der Waals surface area contributed by atoms with Gasteiger partial charge >= 0.3 is 0 Å². The monoisotopic (exact) mass is 250 g/mol. The van der Waals surface area contributed by atoms with E-state index < -0.39 is 9.84 Å². The van der Waals surface area contributed by atoms with Crippen LogP contribution in [-0.4, -0.2) is 34.8 Å². The Morgan fingerprint density at radius 2 is 2.29 bits per heavy atom. The number of aromatic nitrogens is 3. The predicted molar refractivity (Wildman–Crippen MR) is 63.3 cm³/mol. The van der Waals surface area contributed by atoms with E-state index in [-0.39, 0.29) is 11.8 Å². The first-order valence-electron chi connectivity index (χ1n) is 5.11. The Kier molecular flexibility index (Phi) is 2.15. The van der Waals surface area contributed by atoms with Gasteiger partial charge in [0.25, 0.3) is 0 Å². The molecule has 0 fully saturated rings. The van der Waals surface area contributed by atoms with E-state index in [1.807, 2.05) is 18.2 Å². The average molecular weight is 250 g/mol. The fourth-order valence-electron chi connectivity index (χ4n) is 1.72. The Morgan fingerprint density at radius 3 is 3.00 bits per heavy atom. The van der Waals surface area contributed by atoms with Crippen LogP contribution >= 0.6 is 0 Å². The number of nitrogens with zero attached hydrogens (tertiary/aromatic N) is 3. The molecule has 17 heavy (non-hydrogen) atoms. The summed E-state index contributed by atoms with van der Waals surface area (Å²) in [5.74, 6) is 0.491. The molecule has 0 saturated carbocycles. The molecular weight excluding hydrogens is 240 g/mol. The van der Waals surface area contributed by atoms with Crippen molar-refractivity contribution in [1.29, 1.82) is 0 Å². The summed E-state index contributed by atoms with van der Waals surface area (Å²) < 4.78 is 24.1. The van der Waals surface area contributed by atoms with Crippen molar-refractivity contribution in [3.05, 3.63) is 35.9 Å². The molecule has 2 aromatic heterocycles. The minimum absolute atomic E-state index is 0.0581. The minimum atomic E-state index is -3.05. The molecule has 0 saturated heterocycles. The quantitative estimate of drug-likeness (QED) is 0.837. The highest BCUT2D eigenvalue weighted by atomic mass is 32.2. The Bertz CT molecular complexity index is 656. The van der Waals surface area contributed by atoms with Crippen molar-refractivity contribution in [3.63, 3.8) is 0 Å². The van der Waals surface area contributed by atoms with E-state index in [9.17, 15) is 8.42 Å². The molecule has 0 aliphatic carbocycles. The lowest BCUT2D eigenvalue weighted by Crippen LogP contribution is -2.21. The number of sulfone groups is 1.